The predicted molar refractivity (Wildman–Crippen MR) is 105 cm³/mol. The number of hydrazone groups is 1. The molecule has 2 aromatic rings. The molecule has 1 aromatic heterocycles. The largest absolute Gasteiger partial charge is 0.543 e. The van der Waals surface area contributed by atoms with Crippen LogP contribution in [0.2, 0.25) is 0 Å². The molecule has 9 heteroatoms. The van der Waals surface area contributed by atoms with E-state index in [4.69, 9.17) is 0 Å². The number of carbonyl (C=O) groups is 1. The number of amidine groups is 1. The molecule has 1 aliphatic heterocycles. The molecule has 0 unspecified atom stereocenters. The summed E-state index contributed by atoms with van der Waals surface area (Å²) in [5.41, 5.74) is 6.09. The zero-order valence-corrected chi connectivity index (χ0v) is 15.9. The fourth-order valence-corrected chi connectivity index (χ4v) is 3.28. The summed E-state index contributed by atoms with van der Waals surface area (Å²) in [7, 11) is 5.27. The second kappa shape index (κ2) is 8.00. The Kier molecular flexibility index (Phi) is 5.51. The van der Waals surface area contributed by atoms with Crippen LogP contribution in [-0.2, 0) is 9.63 Å². The zero-order chi connectivity index (χ0) is 19.4. The van der Waals surface area contributed by atoms with E-state index in [9.17, 15) is 9.90 Å². The first-order valence-electron chi connectivity index (χ1n) is 8.07. The Bertz CT molecular complexity index is 929. The number of anilines is 1. The Morgan fingerprint density at radius 3 is 2.70 bits per heavy atom. The van der Waals surface area contributed by atoms with Crippen LogP contribution in [0.15, 0.2) is 51.0 Å². The van der Waals surface area contributed by atoms with E-state index < -0.39 is 5.97 Å². The van der Waals surface area contributed by atoms with Crippen molar-refractivity contribution in [1.29, 1.82) is 0 Å². The molecule has 1 aliphatic rings. The van der Waals surface area contributed by atoms with Crippen LogP contribution in [0, 0.1) is 0 Å². The topological polar surface area (TPSA) is 102 Å². The highest BCUT2D eigenvalue weighted by molar-refractivity contribution is 7.14. The molecule has 3 rings (SSSR count). The first-order valence-corrected chi connectivity index (χ1v) is 8.95. The Morgan fingerprint density at radius 1 is 1.33 bits per heavy atom. The number of hydrogen-bond acceptors (Lipinski definition) is 8. The molecule has 0 bridgehead atoms. The highest BCUT2D eigenvalue weighted by Gasteiger charge is 2.16. The number of nitrogens with zero attached hydrogens (tertiary/aromatic N) is 4. The summed E-state index contributed by atoms with van der Waals surface area (Å²) in [6.07, 6.45) is 0.564. The van der Waals surface area contributed by atoms with Gasteiger partial charge in [0.15, 0.2) is 0 Å². The van der Waals surface area contributed by atoms with Crippen LogP contribution in [-0.4, -0.2) is 44.4 Å². The van der Waals surface area contributed by atoms with Crippen LogP contribution in [0.3, 0.4) is 0 Å². The van der Waals surface area contributed by atoms with E-state index in [1.807, 2.05) is 43.3 Å². The van der Waals surface area contributed by atoms with Crippen LogP contribution >= 0.6 is 11.3 Å². The van der Waals surface area contributed by atoms with Gasteiger partial charge in [0.2, 0.25) is 0 Å². The first kappa shape index (κ1) is 18.6. The van der Waals surface area contributed by atoms with Crippen LogP contribution in [0.5, 0.6) is 0 Å². The van der Waals surface area contributed by atoms with Gasteiger partial charge < -0.3 is 19.6 Å². The van der Waals surface area contributed by atoms with Crippen molar-refractivity contribution in [3.63, 3.8) is 0 Å². The van der Waals surface area contributed by atoms with Gasteiger partial charge >= 0.3 is 0 Å². The number of hydrogen-bond donors (Lipinski definition) is 1. The minimum absolute atomic E-state index is 0.266. The maximum Gasteiger partial charge on any atom is 0.133 e. The minimum Gasteiger partial charge on any atom is -0.543 e. The average molecular weight is 384 g/mol. The van der Waals surface area contributed by atoms with Gasteiger partial charge in [0.25, 0.3) is 0 Å². The predicted octanol–water partition coefficient (Wildman–Crippen LogP) is 1.34. The monoisotopic (exact) mass is 384 g/mol. The summed E-state index contributed by atoms with van der Waals surface area (Å²) < 4.78 is 0. The summed E-state index contributed by atoms with van der Waals surface area (Å²) in [6, 6.07) is 9.74. The number of aliphatic imine (C=N–C) groups is 1. The van der Waals surface area contributed by atoms with Crippen molar-refractivity contribution in [2.24, 2.45) is 15.2 Å². The van der Waals surface area contributed by atoms with Crippen molar-refractivity contribution < 1.29 is 14.7 Å². The number of rotatable bonds is 6. The second-order valence-electron chi connectivity index (χ2n) is 5.93. The number of aliphatic carboxylic acids is 1. The number of thiophene rings is 1. The molecule has 0 saturated carbocycles. The average Bonchev–Trinajstić information content (AvgIpc) is 3.29. The molecule has 0 atom stereocenters. The molecule has 2 heterocycles. The lowest BCUT2D eigenvalue weighted by molar-refractivity contribution is -0.294. The number of oxime groups is 1. The molecule has 1 aromatic carbocycles. The van der Waals surface area contributed by atoms with Crippen molar-refractivity contribution in [3.8, 4) is 0 Å². The number of carbonyl (C=O) groups excluding carboxylic acids is 1. The van der Waals surface area contributed by atoms with Gasteiger partial charge in [-0.3, -0.25) is 5.43 Å². The molecule has 140 valence electrons. The van der Waals surface area contributed by atoms with Gasteiger partial charge in [-0.25, -0.2) is 4.99 Å². The summed E-state index contributed by atoms with van der Waals surface area (Å²) in [6.45, 7) is 0. The highest BCUT2D eigenvalue weighted by Crippen LogP contribution is 2.25. The summed E-state index contributed by atoms with van der Waals surface area (Å²) >= 11 is 1.30. The molecular weight excluding hydrogens is 366 g/mol. The van der Waals surface area contributed by atoms with Gasteiger partial charge in [-0.05, 0) is 23.8 Å². The van der Waals surface area contributed by atoms with E-state index in [1.165, 1.54) is 18.4 Å². The molecule has 8 nitrogen and oxygen atoms in total. The third-order valence-electron chi connectivity index (χ3n) is 3.85. The van der Waals surface area contributed by atoms with Crippen molar-refractivity contribution in [1.82, 2.24) is 5.43 Å². The number of carboxylic acid groups (broad SMARTS) is 1. The van der Waals surface area contributed by atoms with Crippen molar-refractivity contribution in [2.45, 2.75) is 6.42 Å². The lowest BCUT2D eigenvalue weighted by atomic mass is 10.1. The van der Waals surface area contributed by atoms with E-state index >= 15 is 0 Å². The minimum atomic E-state index is -1.40. The molecule has 0 fully saturated rings. The lowest BCUT2D eigenvalue weighted by Crippen LogP contribution is -2.32. The Morgan fingerprint density at radius 2 is 2.07 bits per heavy atom. The van der Waals surface area contributed by atoms with E-state index in [2.05, 4.69) is 25.5 Å². The second-order valence-corrected chi connectivity index (χ2v) is 6.82. The van der Waals surface area contributed by atoms with Gasteiger partial charge in [0.1, 0.15) is 23.7 Å². The van der Waals surface area contributed by atoms with Crippen LogP contribution in [0.4, 0.5) is 10.7 Å². The number of nitrogens with one attached hydrogen (secondary N) is 1. The molecule has 0 saturated heterocycles. The third-order valence-corrected chi connectivity index (χ3v) is 4.67. The maximum absolute atomic E-state index is 11.1. The number of carboxylic acids is 1. The molecule has 0 amide bonds. The zero-order valence-electron chi connectivity index (χ0n) is 15.1. The van der Waals surface area contributed by atoms with Crippen molar-refractivity contribution in [2.75, 3.05) is 26.1 Å². The standard InChI is InChI=1S/C18H19N5O3S/c1-23(2)13-6-4-11(5-7-13)14-9-15(21-20-14)19-16-8-12(10-27-16)17(18(24)25)22-26-3/h4-8,10H,9H2,1-3H3,(H,19,21)(H,24,25)/p-1/b22-17+. The van der Waals surface area contributed by atoms with E-state index in [0.29, 0.717) is 22.8 Å². The quantitative estimate of drug-likeness (QED) is 0.598. The van der Waals surface area contributed by atoms with E-state index in [0.717, 1.165) is 17.0 Å². The Balaban J connectivity index is 1.72. The lowest BCUT2D eigenvalue weighted by Gasteiger charge is -2.12. The molecular formula is C18H18N5O3S-. The highest BCUT2D eigenvalue weighted by atomic mass is 32.1. The van der Waals surface area contributed by atoms with Crippen molar-refractivity contribution in [3.05, 3.63) is 46.8 Å². The van der Waals surface area contributed by atoms with E-state index in [-0.39, 0.29) is 5.71 Å². The summed E-state index contributed by atoms with van der Waals surface area (Å²) in [5, 5.41) is 21.2. The van der Waals surface area contributed by atoms with Gasteiger partial charge in [0.05, 0.1) is 18.1 Å². The normalized spacial score (nSPS) is 15.4. The number of benzene rings is 1. The first-order chi connectivity index (χ1) is 13.0. The molecule has 0 radical (unpaired) electrons. The van der Waals surface area contributed by atoms with Gasteiger partial charge in [-0.1, -0.05) is 17.3 Å². The third kappa shape index (κ3) is 4.32. The Labute approximate surface area is 160 Å². The van der Waals surface area contributed by atoms with Crippen LogP contribution < -0.4 is 15.4 Å². The van der Waals surface area contributed by atoms with Crippen molar-refractivity contribution >= 4 is 45.3 Å². The van der Waals surface area contributed by atoms with Gasteiger partial charge in [-0.2, -0.15) is 5.10 Å². The van der Waals surface area contributed by atoms with Gasteiger partial charge in [0, 0.05) is 30.7 Å². The van der Waals surface area contributed by atoms with Crippen LogP contribution in [0.25, 0.3) is 0 Å². The molecule has 27 heavy (non-hydrogen) atoms. The van der Waals surface area contributed by atoms with Gasteiger partial charge in [-0.15, -0.1) is 11.3 Å². The fraction of sp³-hybridized carbons (Fsp3) is 0.222. The molecule has 0 spiro atoms. The summed E-state index contributed by atoms with van der Waals surface area (Å²) in [4.78, 5) is 22.2. The fourth-order valence-electron chi connectivity index (χ4n) is 2.49. The SMILES string of the molecule is CO/N=C(/C(=O)[O-])c1csc(/N=C2/CC(c3ccc(N(C)C)cc3)=NN2)c1. The van der Waals surface area contributed by atoms with E-state index in [1.54, 1.807) is 11.4 Å². The Hall–Kier alpha value is -3.20. The summed E-state index contributed by atoms with van der Waals surface area (Å²) in [5.74, 6) is -0.714. The van der Waals surface area contributed by atoms with Crippen LogP contribution in [0.1, 0.15) is 17.5 Å². The smallest absolute Gasteiger partial charge is 0.133 e. The maximum atomic E-state index is 11.1. The molecule has 0 aliphatic carbocycles. The molecule has 1 N–H and O–H groups in total.